The van der Waals surface area contributed by atoms with Gasteiger partial charge in [-0.15, -0.1) is 0 Å². The van der Waals surface area contributed by atoms with Crippen LogP contribution in [0.1, 0.15) is 36.2 Å². The number of rotatable bonds is 5. The van der Waals surface area contributed by atoms with Gasteiger partial charge in [-0.1, -0.05) is 29.8 Å². The Morgan fingerprint density at radius 3 is 2.67 bits per heavy atom. The third kappa shape index (κ3) is 4.42. The SMILES string of the molecule is Cc1cc(Br)ccc1C(=O)NCC(C)(C)CCO. The maximum Gasteiger partial charge on any atom is 0.251 e. The Labute approximate surface area is 117 Å². The Morgan fingerprint density at radius 1 is 1.44 bits per heavy atom. The summed E-state index contributed by atoms with van der Waals surface area (Å²) >= 11 is 3.38. The second kappa shape index (κ2) is 6.34. The lowest BCUT2D eigenvalue weighted by Gasteiger charge is -2.24. The molecule has 0 heterocycles. The molecule has 1 aromatic rings. The molecule has 0 atom stereocenters. The van der Waals surface area contributed by atoms with Crippen LogP contribution in [-0.4, -0.2) is 24.2 Å². The van der Waals surface area contributed by atoms with E-state index in [2.05, 4.69) is 21.2 Å². The van der Waals surface area contributed by atoms with E-state index in [0.717, 1.165) is 10.0 Å². The van der Waals surface area contributed by atoms with Crippen LogP contribution in [-0.2, 0) is 0 Å². The third-order valence-corrected chi connectivity index (χ3v) is 3.44. The number of hydrogen-bond donors (Lipinski definition) is 2. The second-order valence-electron chi connectivity index (χ2n) is 5.28. The van der Waals surface area contributed by atoms with Crippen LogP contribution in [0.4, 0.5) is 0 Å². The number of amides is 1. The summed E-state index contributed by atoms with van der Waals surface area (Å²) in [5.74, 6) is -0.0639. The van der Waals surface area contributed by atoms with Crippen molar-refractivity contribution < 1.29 is 9.90 Å². The molecule has 2 N–H and O–H groups in total. The fourth-order valence-corrected chi connectivity index (χ4v) is 2.16. The number of carbonyl (C=O) groups excluding carboxylic acids is 1. The van der Waals surface area contributed by atoms with Crippen molar-refractivity contribution in [2.45, 2.75) is 27.2 Å². The molecule has 4 heteroatoms. The van der Waals surface area contributed by atoms with Crippen molar-refractivity contribution in [1.29, 1.82) is 0 Å². The first-order chi connectivity index (χ1) is 8.35. The Balaban J connectivity index is 2.66. The molecular formula is C14H20BrNO2. The fraction of sp³-hybridized carbons (Fsp3) is 0.500. The highest BCUT2D eigenvalue weighted by molar-refractivity contribution is 9.10. The second-order valence-corrected chi connectivity index (χ2v) is 6.20. The zero-order valence-corrected chi connectivity index (χ0v) is 12.7. The maximum atomic E-state index is 12.0. The molecular weight excluding hydrogens is 294 g/mol. The van der Waals surface area contributed by atoms with Gasteiger partial charge in [-0.3, -0.25) is 4.79 Å². The van der Waals surface area contributed by atoms with E-state index in [4.69, 9.17) is 5.11 Å². The van der Waals surface area contributed by atoms with E-state index in [1.165, 1.54) is 0 Å². The first-order valence-corrected chi connectivity index (χ1v) is 6.80. The summed E-state index contributed by atoms with van der Waals surface area (Å²) in [7, 11) is 0. The van der Waals surface area contributed by atoms with Gasteiger partial charge < -0.3 is 10.4 Å². The molecule has 0 aromatic heterocycles. The number of benzene rings is 1. The van der Waals surface area contributed by atoms with Crippen molar-refractivity contribution in [2.75, 3.05) is 13.2 Å². The highest BCUT2D eigenvalue weighted by atomic mass is 79.9. The predicted octanol–water partition coefficient (Wildman–Crippen LogP) is 2.90. The van der Waals surface area contributed by atoms with Gasteiger partial charge in [-0.05, 0) is 42.5 Å². The third-order valence-electron chi connectivity index (χ3n) is 2.95. The topological polar surface area (TPSA) is 49.3 Å². The highest BCUT2D eigenvalue weighted by Crippen LogP contribution is 2.19. The molecule has 1 amide bonds. The van der Waals surface area contributed by atoms with Gasteiger partial charge in [-0.25, -0.2) is 0 Å². The number of carbonyl (C=O) groups is 1. The number of hydrogen-bond acceptors (Lipinski definition) is 2. The molecule has 0 spiro atoms. The van der Waals surface area contributed by atoms with E-state index in [0.29, 0.717) is 18.5 Å². The van der Waals surface area contributed by atoms with Gasteiger partial charge in [0.1, 0.15) is 0 Å². The van der Waals surface area contributed by atoms with Gasteiger partial charge in [-0.2, -0.15) is 0 Å². The molecule has 0 aliphatic rings. The molecule has 0 aliphatic heterocycles. The van der Waals surface area contributed by atoms with Gasteiger partial charge in [0, 0.05) is 23.2 Å². The zero-order valence-electron chi connectivity index (χ0n) is 11.1. The highest BCUT2D eigenvalue weighted by Gasteiger charge is 2.19. The molecule has 100 valence electrons. The molecule has 0 radical (unpaired) electrons. The van der Waals surface area contributed by atoms with E-state index in [1.807, 2.05) is 39.0 Å². The Bertz CT molecular complexity index is 430. The molecule has 0 unspecified atom stereocenters. The number of halogens is 1. The minimum Gasteiger partial charge on any atom is -0.396 e. The summed E-state index contributed by atoms with van der Waals surface area (Å²) in [5, 5.41) is 11.9. The summed E-state index contributed by atoms with van der Waals surface area (Å²) in [6.07, 6.45) is 0.673. The molecule has 1 aromatic carbocycles. The van der Waals surface area contributed by atoms with Crippen LogP contribution in [0.3, 0.4) is 0 Å². The van der Waals surface area contributed by atoms with Crippen LogP contribution >= 0.6 is 15.9 Å². The van der Waals surface area contributed by atoms with Gasteiger partial charge in [0.15, 0.2) is 0 Å². The maximum absolute atomic E-state index is 12.0. The van der Waals surface area contributed by atoms with Crippen molar-refractivity contribution >= 4 is 21.8 Å². The van der Waals surface area contributed by atoms with Gasteiger partial charge in [0.05, 0.1) is 0 Å². The van der Waals surface area contributed by atoms with E-state index in [-0.39, 0.29) is 17.9 Å². The minimum absolute atomic E-state index is 0.0639. The normalized spacial score (nSPS) is 11.4. The van der Waals surface area contributed by atoms with Crippen molar-refractivity contribution in [3.8, 4) is 0 Å². The monoisotopic (exact) mass is 313 g/mol. The van der Waals surface area contributed by atoms with Crippen LogP contribution in [0.25, 0.3) is 0 Å². The van der Waals surface area contributed by atoms with Crippen molar-refractivity contribution in [1.82, 2.24) is 5.32 Å². The quantitative estimate of drug-likeness (QED) is 0.878. The Hall–Kier alpha value is -0.870. The molecule has 3 nitrogen and oxygen atoms in total. The van der Waals surface area contributed by atoms with Gasteiger partial charge in [0.2, 0.25) is 0 Å². The van der Waals surface area contributed by atoms with Crippen LogP contribution in [0.15, 0.2) is 22.7 Å². The van der Waals surface area contributed by atoms with E-state index >= 15 is 0 Å². The summed E-state index contributed by atoms with van der Waals surface area (Å²) in [6, 6.07) is 5.60. The van der Waals surface area contributed by atoms with Gasteiger partial charge >= 0.3 is 0 Å². The molecule has 0 fully saturated rings. The van der Waals surface area contributed by atoms with E-state index in [1.54, 1.807) is 0 Å². The predicted molar refractivity (Wildman–Crippen MR) is 76.7 cm³/mol. The smallest absolute Gasteiger partial charge is 0.251 e. The van der Waals surface area contributed by atoms with Crippen molar-refractivity contribution in [2.24, 2.45) is 5.41 Å². The Morgan fingerprint density at radius 2 is 2.11 bits per heavy atom. The average molecular weight is 314 g/mol. The van der Waals surface area contributed by atoms with Gasteiger partial charge in [0.25, 0.3) is 5.91 Å². The number of aryl methyl sites for hydroxylation is 1. The lowest BCUT2D eigenvalue weighted by Crippen LogP contribution is -2.34. The minimum atomic E-state index is -0.0896. The molecule has 0 saturated carbocycles. The van der Waals surface area contributed by atoms with Crippen LogP contribution in [0.2, 0.25) is 0 Å². The van der Waals surface area contributed by atoms with Crippen LogP contribution in [0, 0.1) is 12.3 Å². The number of nitrogens with one attached hydrogen (secondary N) is 1. The molecule has 0 aliphatic carbocycles. The summed E-state index contributed by atoms with van der Waals surface area (Å²) in [6.45, 7) is 6.66. The van der Waals surface area contributed by atoms with Crippen LogP contribution in [0.5, 0.6) is 0 Å². The lowest BCUT2D eigenvalue weighted by molar-refractivity contribution is 0.0927. The molecule has 1 rings (SSSR count). The summed E-state index contributed by atoms with van der Waals surface area (Å²) in [4.78, 5) is 12.0. The average Bonchev–Trinajstić information content (AvgIpc) is 2.26. The number of aliphatic hydroxyl groups is 1. The fourth-order valence-electron chi connectivity index (χ4n) is 1.69. The standard InChI is InChI=1S/C14H20BrNO2/c1-10-8-11(15)4-5-12(10)13(18)16-9-14(2,3)6-7-17/h4-5,8,17H,6-7,9H2,1-3H3,(H,16,18). The van der Waals surface area contributed by atoms with E-state index in [9.17, 15) is 4.79 Å². The van der Waals surface area contributed by atoms with Crippen LogP contribution < -0.4 is 5.32 Å². The molecule has 18 heavy (non-hydrogen) atoms. The van der Waals surface area contributed by atoms with Crippen molar-refractivity contribution in [3.63, 3.8) is 0 Å². The first-order valence-electron chi connectivity index (χ1n) is 6.01. The zero-order chi connectivity index (χ0) is 13.8. The summed E-state index contributed by atoms with van der Waals surface area (Å²) < 4.78 is 0.970. The molecule has 0 saturated heterocycles. The lowest BCUT2D eigenvalue weighted by atomic mass is 9.89. The molecule has 0 bridgehead atoms. The summed E-state index contributed by atoms with van der Waals surface area (Å²) in [5.41, 5.74) is 1.55. The first kappa shape index (κ1) is 15.2. The number of aliphatic hydroxyl groups excluding tert-OH is 1. The Kier molecular flexibility index (Phi) is 5.35. The van der Waals surface area contributed by atoms with Crippen molar-refractivity contribution in [3.05, 3.63) is 33.8 Å². The van der Waals surface area contributed by atoms with E-state index < -0.39 is 0 Å². The largest absolute Gasteiger partial charge is 0.396 e.